The lowest BCUT2D eigenvalue weighted by Crippen LogP contribution is -2.33. The second-order valence-electron chi connectivity index (χ2n) is 12.2. The second-order valence-corrected chi connectivity index (χ2v) is 12.2. The molecule has 0 radical (unpaired) electrons. The Labute approximate surface area is 247 Å². The third kappa shape index (κ3) is 5.29. The number of carbonyl (C=O) groups excluding carboxylic acids is 2. The van der Waals surface area contributed by atoms with Crippen molar-refractivity contribution >= 4 is 40.1 Å². The van der Waals surface area contributed by atoms with Gasteiger partial charge in [-0.25, -0.2) is 9.78 Å². The number of ether oxygens (including phenoxy) is 2. The van der Waals surface area contributed by atoms with Crippen molar-refractivity contribution in [1.29, 1.82) is 0 Å². The van der Waals surface area contributed by atoms with Crippen molar-refractivity contribution in [2.24, 2.45) is 11.3 Å². The summed E-state index contributed by atoms with van der Waals surface area (Å²) in [5.41, 5.74) is 7.14. The fourth-order valence-electron chi connectivity index (χ4n) is 6.15. The van der Waals surface area contributed by atoms with Crippen LogP contribution in [0.2, 0.25) is 0 Å². The number of carbonyl (C=O) groups is 2. The van der Waals surface area contributed by atoms with Crippen LogP contribution in [0.4, 0.5) is 5.69 Å². The number of nitrogens with zero attached hydrogens (tertiary/aromatic N) is 2. The number of para-hydroxylation sites is 2. The zero-order valence-electron chi connectivity index (χ0n) is 24.6. The van der Waals surface area contributed by atoms with E-state index in [-0.39, 0.29) is 23.8 Å². The van der Waals surface area contributed by atoms with E-state index in [4.69, 9.17) is 14.5 Å². The molecule has 0 bridgehead atoms. The molecule has 1 aromatic heterocycles. The van der Waals surface area contributed by atoms with Gasteiger partial charge in [-0.05, 0) is 83.2 Å². The lowest BCUT2D eigenvalue weighted by atomic mass is 9.69. The summed E-state index contributed by atoms with van der Waals surface area (Å²) in [6.07, 6.45) is 4.51. The van der Waals surface area contributed by atoms with Gasteiger partial charge in [0.2, 0.25) is 0 Å². The molecule has 6 rings (SSSR count). The van der Waals surface area contributed by atoms with E-state index in [2.05, 4.69) is 26.8 Å². The highest BCUT2D eigenvalue weighted by Crippen LogP contribution is 2.45. The number of amides is 1. The Kier molecular flexibility index (Phi) is 7.31. The molecule has 0 fully saturated rings. The normalized spacial score (nSPS) is 17.2. The zero-order chi connectivity index (χ0) is 29.4. The number of allylic oxidation sites excluding steroid dienone is 1. The van der Waals surface area contributed by atoms with Gasteiger partial charge in [-0.2, -0.15) is 0 Å². The van der Waals surface area contributed by atoms with Gasteiger partial charge in [-0.1, -0.05) is 69.3 Å². The van der Waals surface area contributed by atoms with Crippen molar-refractivity contribution in [2.75, 3.05) is 25.2 Å². The van der Waals surface area contributed by atoms with E-state index in [0.717, 1.165) is 63.1 Å². The van der Waals surface area contributed by atoms with Gasteiger partial charge >= 0.3 is 5.97 Å². The van der Waals surface area contributed by atoms with Gasteiger partial charge in [-0.3, -0.25) is 4.79 Å². The lowest BCUT2D eigenvalue weighted by molar-refractivity contribution is -0.121. The number of pyridine rings is 1. The summed E-state index contributed by atoms with van der Waals surface area (Å²) in [5, 5.41) is 0.749. The molecule has 1 atom stereocenters. The summed E-state index contributed by atoms with van der Waals surface area (Å²) in [5.74, 6) is 0.388. The summed E-state index contributed by atoms with van der Waals surface area (Å²) in [6, 6.07) is 23.5. The molecular formula is C36H36N2O4. The highest BCUT2D eigenvalue weighted by molar-refractivity contribution is 6.07. The molecule has 1 amide bonds. The Balaban J connectivity index is 1.39. The topological polar surface area (TPSA) is 68.7 Å². The fourth-order valence-corrected chi connectivity index (χ4v) is 6.15. The summed E-state index contributed by atoms with van der Waals surface area (Å²) in [6.45, 7) is 7.01. The van der Waals surface area contributed by atoms with E-state index in [1.807, 2.05) is 72.8 Å². The first kappa shape index (κ1) is 27.7. The smallest absolute Gasteiger partial charge is 0.339 e. The molecule has 6 nitrogen and oxygen atoms in total. The van der Waals surface area contributed by atoms with Crippen molar-refractivity contribution in [2.45, 2.75) is 40.0 Å². The summed E-state index contributed by atoms with van der Waals surface area (Å²) in [4.78, 5) is 33.9. The standard InChI is InChI=1S/C36H36N2O4/c1-36(2,3)26-20-25(19-23-13-15-27(41-4)16-14-23)34-29(21-26)33(28-10-6-7-11-30(28)37-34)35(40)42-22-32(39)38-18-17-24-9-5-8-12-31(24)38/h5-16,19,26H,17-18,20-22H2,1-4H3. The zero-order valence-corrected chi connectivity index (χ0v) is 24.6. The number of hydrogen-bond donors (Lipinski definition) is 0. The first-order chi connectivity index (χ1) is 20.2. The average Bonchev–Trinajstić information content (AvgIpc) is 3.43. The van der Waals surface area contributed by atoms with Gasteiger partial charge < -0.3 is 14.4 Å². The molecule has 0 saturated heterocycles. The Morgan fingerprint density at radius 1 is 0.976 bits per heavy atom. The van der Waals surface area contributed by atoms with Crippen molar-refractivity contribution < 1.29 is 19.1 Å². The van der Waals surface area contributed by atoms with Crippen LogP contribution in [-0.4, -0.2) is 37.1 Å². The largest absolute Gasteiger partial charge is 0.497 e. The molecule has 4 aromatic rings. The predicted molar refractivity (Wildman–Crippen MR) is 167 cm³/mol. The molecule has 2 aliphatic rings. The first-order valence-corrected chi connectivity index (χ1v) is 14.5. The molecule has 0 N–H and O–H groups in total. The lowest BCUT2D eigenvalue weighted by Gasteiger charge is -2.36. The Hall–Kier alpha value is -4.45. The second kappa shape index (κ2) is 11.1. The maximum absolute atomic E-state index is 13.9. The molecule has 1 aliphatic heterocycles. The molecule has 1 unspecified atom stereocenters. The third-order valence-electron chi connectivity index (χ3n) is 8.61. The van der Waals surface area contributed by atoms with E-state index in [1.165, 1.54) is 0 Å². The first-order valence-electron chi connectivity index (χ1n) is 14.5. The SMILES string of the molecule is COc1ccc(C=C2CC(C(C)(C)C)Cc3c2nc2ccccc2c3C(=O)OCC(=O)N2CCc3ccccc32)cc1. The van der Waals surface area contributed by atoms with E-state index in [0.29, 0.717) is 18.5 Å². The van der Waals surface area contributed by atoms with Gasteiger partial charge in [0.1, 0.15) is 5.75 Å². The van der Waals surface area contributed by atoms with E-state index < -0.39 is 5.97 Å². The van der Waals surface area contributed by atoms with Crippen LogP contribution in [0, 0.1) is 11.3 Å². The van der Waals surface area contributed by atoms with Crippen LogP contribution in [0.15, 0.2) is 72.8 Å². The monoisotopic (exact) mass is 560 g/mol. The molecule has 6 heteroatoms. The van der Waals surface area contributed by atoms with Crippen LogP contribution in [0.25, 0.3) is 22.6 Å². The molecule has 3 aromatic carbocycles. The quantitative estimate of drug-likeness (QED) is 0.243. The third-order valence-corrected chi connectivity index (χ3v) is 8.61. The van der Waals surface area contributed by atoms with Crippen LogP contribution >= 0.6 is 0 Å². The highest BCUT2D eigenvalue weighted by Gasteiger charge is 2.36. The minimum absolute atomic E-state index is 0.00260. The van der Waals surface area contributed by atoms with Crippen LogP contribution in [0.1, 0.15) is 59.9 Å². The van der Waals surface area contributed by atoms with Gasteiger partial charge in [0.05, 0.1) is 23.9 Å². The summed E-state index contributed by atoms with van der Waals surface area (Å²) >= 11 is 0. The van der Waals surface area contributed by atoms with E-state index >= 15 is 0 Å². The van der Waals surface area contributed by atoms with Crippen molar-refractivity contribution in [3.63, 3.8) is 0 Å². The molecule has 0 saturated carbocycles. The minimum Gasteiger partial charge on any atom is -0.497 e. The Morgan fingerprint density at radius 3 is 2.48 bits per heavy atom. The molecule has 2 heterocycles. The highest BCUT2D eigenvalue weighted by atomic mass is 16.5. The van der Waals surface area contributed by atoms with Crippen LogP contribution in [0.3, 0.4) is 0 Å². The molecule has 0 spiro atoms. The minimum atomic E-state index is -0.482. The molecule has 1 aliphatic carbocycles. The van der Waals surface area contributed by atoms with Gasteiger partial charge in [0.25, 0.3) is 5.91 Å². The van der Waals surface area contributed by atoms with Crippen molar-refractivity contribution in [3.8, 4) is 5.75 Å². The van der Waals surface area contributed by atoms with E-state index in [1.54, 1.807) is 12.0 Å². The number of benzene rings is 3. The number of hydrogen-bond acceptors (Lipinski definition) is 5. The number of anilines is 1. The van der Waals surface area contributed by atoms with Crippen LogP contribution in [0.5, 0.6) is 5.75 Å². The maximum atomic E-state index is 13.9. The Morgan fingerprint density at radius 2 is 1.71 bits per heavy atom. The number of methoxy groups -OCH3 is 1. The van der Waals surface area contributed by atoms with Crippen LogP contribution in [-0.2, 0) is 22.4 Å². The fraction of sp³-hybridized carbons (Fsp3) is 0.306. The predicted octanol–water partition coefficient (Wildman–Crippen LogP) is 7.14. The summed E-state index contributed by atoms with van der Waals surface area (Å²) in [7, 11) is 1.66. The molecular weight excluding hydrogens is 524 g/mol. The number of esters is 1. The maximum Gasteiger partial charge on any atom is 0.339 e. The summed E-state index contributed by atoms with van der Waals surface area (Å²) < 4.78 is 11.1. The number of rotatable bonds is 5. The molecule has 214 valence electrons. The van der Waals surface area contributed by atoms with Crippen molar-refractivity contribution in [3.05, 3.63) is 101 Å². The van der Waals surface area contributed by atoms with Crippen molar-refractivity contribution in [1.82, 2.24) is 4.98 Å². The van der Waals surface area contributed by atoms with E-state index in [9.17, 15) is 9.59 Å². The van der Waals surface area contributed by atoms with Gasteiger partial charge in [-0.15, -0.1) is 0 Å². The van der Waals surface area contributed by atoms with Gasteiger partial charge in [0.15, 0.2) is 6.61 Å². The number of fused-ring (bicyclic) bond motifs is 3. The van der Waals surface area contributed by atoms with Gasteiger partial charge in [0, 0.05) is 17.6 Å². The average molecular weight is 561 g/mol. The van der Waals surface area contributed by atoms with Crippen LogP contribution < -0.4 is 9.64 Å². The molecule has 42 heavy (non-hydrogen) atoms. The Bertz CT molecular complexity index is 1700. The number of aromatic nitrogens is 1.